The van der Waals surface area contributed by atoms with Gasteiger partial charge in [0.15, 0.2) is 17.1 Å². The van der Waals surface area contributed by atoms with Gasteiger partial charge in [-0.2, -0.15) is 31.6 Å². The quantitative estimate of drug-likeness (QED) is 0.195. The summed E-state index contributed by atoms with van der Waals surface area (Å²) < 4.78 is 98.1. The third-order valence-electron chi connectivity index (χ3n) is 8.52. The number of nitrogens with one attached hydrogen (secondary N) is 1. The highest BCUT2D eigenvalue weighted by Gasteiger charge is 2.71. The van der Waals surface area contributed by atoms with Crippen LogP contribution in [0.1, 0.15) is 55.4 Å². The molecule has 0 saturated carbocycles. The Morgan fingerprint density at radius 3 is 2.42 bits per heavy atom. The topological polar surface area (TPSA) is 121 Å². The van der Waals surface area contributed by atoms with Gasteiger partial charge in [0.25, 0.3) is 11.5 Å². The number of aryl methyl sites for hydroxylation is 1. The molecule has 1 fully saturated rings. The van der Waals surface area contributed by atoms with Crippen LogP contribution in [0.2, 0.25) is 0 Å². The molecule has 1 saturated heterocycles. The number of nitrogens with zero attached hydrogens (tertiary/aromatic N) is 2. The first-order chi connectivity index (χ1) is 23.5. The molecule has 2 N–H and O–H groups in total. The Balaban J connectivity index is 1.30. The first kappa shape index (κ1) is 36.1. The Morgan fingerprint density at radius 1 is 1.04 bits per heavy atom. The fourth-order valence-electron chi connectivity index (χ4n) is 5.72. The molecule has 3 amide bonds. The molecule has 1 unspecified atom stereocenters. The lowest BCUT2D eigenvalue weighted by atomic mass is 9.90. The van der Waals surface area contributed by atoms with Crippen molar-refractivity contribution < 1.29 is 55.2 Å². The number of nitriles is 1. The van der Waals surface area contributed by atoms with Gasteiger partial charge in [-0.1, -0.05) is 43.7 Å². The van der Waals surface area contributed by atoms with Gasteiger partial charge < -0.3 is 24.6 Å². The Morgan fingerprint density at radius 2 is 1.78 bits per heavy atom. The molecule has 0 bridgehead atoms. The van der Waals surface area contributed by atoms with E-state index < -0.39 is 41.0 Å². The number of hydrogen-bond donors (Lipinski definition) is 2. The number of urea groups is 1. The largest absolute Gasteiger partial charge is 0.465 e. The number of benzene rings is 2. The molecule has 0 aromatic heterocycles. The van der Waals surface area contributed by atoms with Gasteiger partial charge in [0.05, 0.1) is 11.6 Å². The number of carbonyl (C=O) groups is 2. The zero-order chi connectivity index (χ0) is 36.5. The van der Waals surface area contributed by atoms with Crippen LogP contribution in [0.3, 0.4) is 0 Å². The number of amides is 3. The summed E-state index contributed by atoms with van der Waals surface area (Å²) in [6.45, 7) is 3.02. The molecule has 9 nitrogen and oxygen atoms in total. The minimum atomic E-state index is -6.05. The number of imide groups is 1. The average molecular weight is 704 g/mol. The van der Waals surface area contributed by atoms with Crippen molar-refractivity contribution in [3.05, 3.63) is 106 Å². The number of halogens is 6. The average Bonchev–Trinajstić information content (AvgIpc) is 3.31. The first-order valence-corrected chi connectivity index (χ1v) is 15.5. The standard InChI is InChI=1S/C35H31F6N3O6/c1-3-7-23-16-25(33(47,34(36,37)38)35(39,40)41)11-13-27(23)49-26-12-10-21(24(17-26)18-42)14-15-44-30(45)32(2,43-31(44)46)29-20-48-19-28(50-29)22-8-5-4-6-9-22/h4-5,8,10-13,16-17,19-20,47H,3,6-7,9,14-15H2,1-2H3,(H,43,46). The Labute approximate surface area is 282 Å². The lowest BCUT2D eigenvalue weighted by molar-refractivity contribution is -0.376. The summed E-state index contributed by atoms with van der Waals surface area (Å²) in [5, 5.41) is 22.3. The summed E-state index contributed by atoms with van der Waals surface area (Å²) in [5.41, 5.74) is -6.73. The van der Waals surface area contributed by atoms with Gasteiger partial charge in [-0.05, 0) is 73.6 Å². The van der Waals surface area contributed by atoms with Gasteiger partial charge in [0.1, 0.15) is 24.0 Å². The third-order valence-corrected chi connectivity index (χ3v) is 8.52. The lowest BCUT2D eigenvalue weighted by Crippen LogP contribution is -2.53. The molecule has 2 aromatic carbocycles. The van der Waals surface area contributed by atoms with Crippen LogP contribution in [0.5, 0.6) is 11.5 Å². The van der Waals surface area contributed by atoms with Crippen LogP contribution in [0, 0.1) is 11.3 Å². The fraction of sp³-hybridized carbons (Fsp3) is 0.343. The number of ether oxygens (including phenoxy) is 3. The maximum absolute atomic E-state index is 13.5. The molecule has 2 aliphatic heterocycles. The number of allylic oxidation sites excluding steroid dienone is 4. The van der Waals surface area contributed by atoms with E-state index in [0.717, 1.165) is 23.0 Å². The van der Waals surface area contributed by atoms with Gasteiger partial charge >= 0.3 is 18.4 Å². The smallest absolute Gasteiger partial charge is 0.430 e. The molecule has 1 aliphatic carbocycles. The monoisotopic (exact) mass is 703 g/mol. The zero-order valence-electron chi connectivity index (χ0n) is 26.7. The second-order valence-corrected chi connectivity index (χ2v) is 11.9. The van der Waals surface area contributed by atoms with Crippen LogP contribution >= 0.6 is 0 Å². The van der Waals surface area contributed by atoms with Crippen LogP contribution in [-0.4, -0.2) is 46.4 Å². The second-order valence-electron chi connectivity index (χ2n) is 11.9. The van der Waals surface area contributed by atoms with Crippen LogP contribution in [0.4, 0.5) is 31.1 Å². The van der Waals surface area contributed by atoms with E-state index in [1.807, 2.05) is 24.3 Å². The highest BCUT2D eigenvalue weighted by molar-refractivity contribution is 6.08. The van der Waals surface area contributed by atoms with Crippen molar-refractivity contribution in [1.82, 2.24) is 10.2 Å². The molecular weight excluding hydrogens is 672 g/mol. The van der Waals surface area contributed by atoms with Gasteiger partial charge in [-0.3, -0.25) is 9.69 Å². The van der Waals surface area contributed by atoms with Crippen molar-refractivity contribution in [2.24, 2.45) is 0 Å². The van der Waals surface area contributed by atoms with E-state index >= 15 is 0 Å². The maximum Gasteiger partial charge on any atom is 0.430 e. The fourth-order valence-corrected chi connectivity index (χ4v) is 5.72. The van der Waals surface area contributed by atoms with E-state index in [2.05, 4.69) is 5.32 Å². The predicted molar refractivity (Wildman–Crippen MR) is 165 cm³/mol. The highest BCUT2D eigenvalue weighted by Crippen LogP contribution is 2.50. The van der Waals surface area contributed by atoms with Crippen molar-refractivity contribution in [1.29, 1.82) is 5.26 Å². The molecule has 50 heavy (non-hydrogen) atoms. The number of aliphatic hydroxyl groups is 1. The van der Waals surface area contributed by atoms with Gasteiger partial charge in [-0.25, -0.2) is 4.79 Å². The zero-order valence-corrected chi connectivity index (χ0v) is 26.7. The Bertz CT molecular complexity index is 1840. The van der Waals surface area contributed by atoms with Gasteiger partial charge in [0, 0.05) is 12.1 Å². The number of alkyl halides is 6. The molecule has 264 valence electrons. The van der Waals surface area contributed by atoms with Crippen molar-refractivity contribution in [3.8, 4) is 17.6 Å². The summed E-state index contributed by atoms with van der Waals surface area (Å²) in [6.07, 6.45) is -1.79. The van der Waals surface area contributed by atoms with E-state index in [1.54, 1.807) is 6.92 Å². The first-order valence-electron chi connectivity index (χ1n) is 15.5. The third kappa shape index (κ3) is 6.67. The normalized spacial score (nSPS) is 19.5. The summed E-state index contributed by atoms with van der Waals surface area (Å²) in [6, 6.07) is 7.54. The van der Waals surface area contributed by atoms with E-state index in [4.69, 9.17) is 14.2 Å². The van der Waals surface area contributed by atoms with Crippen molar-refractivity contribution in [2.45, 2.75) is 69.4 Å². The van der Waals surface area contributed by atoms with Gasteiger partial charge in [0.2, 0.25) is 0 Å². The van der Waals surface area contributed by atoms with Crippen LogP contribution in [-0.2, 0) is 32.7 Å². The van der Waals surface area contributed by atoms with E-state index in [0.29, 0.717) is 36.3 Å². The summed E-state index contributed by atoms with van der Waals surface area (Å²) in [4.78, 5) is 27.5. The minimum absolute atomic E-state index is 0.0177. The van der Waals surface area contributed by atoms with Crippen molar-refractivity contribution >= 4 is 11.9 Å². The molecule has 0 spiro atoms. The van der Waals surface area contributed by atoms with E-state index in [1.165, 1.54) is 37.6 Å². The summed E-state index contributed by atoms with van der Waals surface area (Å²) in [5.74, 6) is -0.132. The molecule has 15 heteroatoms. The SMILES string of the molecule is CCCc1cc(C(O)(C(F)(F)F)C(F)(F)F)ccc1Oc1ccc(CCN2C(=O)NC(C)(C3=COC=C(C4=CC=CCC4)O3)C2=O)c(C#N)c1. The molecule has 1 atom stereocenters. The number of hydrogen-bond acceptors (Lipinski definition) is 7. The molecule has 2 aromatic rings. The Kier molecular flexibility index (Phi) is 9.80. The number of rotatable bonds is 10. The summed E-state index contributed by atoms with van der Waals surface area (Å²) >= 11 is 0. The van der Waals surface area contributed by atoms with Crippen LogP contribution in [0.15, 0.2) is 84.2 Å². The summed E-state index contributed by atoms with van der Waals surface area (Å²) in [7, 11) is 0. The van der Waals surface area contributed by atoms with Crippen LogP contribution < -0.4 is 10.1 Å². The van der Waals surface area contributed by atoms with E-state index in [9.17, 15) is 46.3 Å². The van der Waals surface area contributed by atoms with E-state index in [-0.39, 0.29) is 47.8 Å². The molecule has 5 rings (SSSR count). The lowest BCUT2D eigenvalue weighted by Gasteiger charge is -2.33. The molecule has 3 aliphatic rings. The maximum atomic E-state index is 13.5. The number of carbonyl (C=O) groups excluding carboxylic acids is 2. The van der Waals surface area contributed by atoms with Crippen molar-refractivity contribution in [2.75, 3.05) is 6.54 Å². The van der Waals surface area contributed by atoms with Crippen molar-refractivity contribution in [3.63, 3.8) is 0 Å². The highest BCUT2D eigenvalue weighted by atomic mass is 19.4. The second kappa shape index (κ2) is 13.6. The van der Waals surface area contributed by atoms with Crippen LogP contribution in [0.25, 0.3) is 0 Å². The Hall–Kier alpha value is -5.23. The molecule has 2 heterocycles. The molecular formula is C35H31F6N3O6. The van der Waals surface area contributed by atoms with Gasteiger partial charge in [-0.15, -0.1) is 0 Å². The predicted octanol–water partition coefficient (Wildman–Crippen LogP) is 7.47. The minimum Gasteiger partial charge on any atom is -0.465 e. The molecule has 0 radical (unpaired) electrons.